The van der Waals surface area contributed by atoms with E-state index < -0.39 is 21.2 Å². The van der Waals surface area contributed by atoms with E-state index in [4.69, 9.17) is 9.47 Å². The van der Waals surface area contributed by atoms with Crippen molar-refractivity contribution in [2.24, 2.45) is 10.2 Å². The number of rotatable bonds is 15. The summed E-state index contributed by atoms with van der Waals surface area (Å²) in [5.41, 5.74) is 1.78. The van der Waals surface area contributed by atoms with Crippen LogP contribution in [-0.2, 0) is 9.47 Å². The van der Waals surface area contributed by atoms with Crippen molar-refractivity contribution in [3.8, 4) is 6.07 Å². The van der Waals surface area contributed by atoms with Crippen LogP contribution in [0.2, 0.25) is 0 Å². The van der Waals surface area contributed by atoms with Gasteiger partial charge in [-0.25, -0.2) is 0 Å². The van der Waals surface area contributed by atoms with Gasteiger partial charge in [0, 0.05) is 24.8 Å². The Bertz CT molecular complexity index is 1480. The van der Waals surface area contributed by atoms with Gasteiger partial charge in [0.2, 0.25) is 0 Å². The topological polar surface area (TPSA) is 156 Å². The van der Waals surface area contributed by atoms with Crippen LogP contribution in [0.1, 0.15) is 44.4 Å². The molecule has 3 aromatic carbocycles. The van der Waals surface area contributed by atoms with Crippen molar-refractivity contribution >= 4 is 40.6 Å². The standard InChI is InChI=1S/C31H34N6O6/c1-22(2)42-17-15-35(16-18-43-23(3)4)28-12-10-27(11-13-28)34-33-26-8-5-24(6-9-26)7-14-30-25(21-32)19-29(36(38)39)20-31(30)37(40)41/h5-14,19-20,22-23H,15-18H2,1-4H3. The lowest BCUT2D eigenvalue weighted by Crippen LogP contribution is -2.32. The molecule has 0 saturated carbocycles. The molecule has 0 bridgehead atoms. The maximum Gasteiger partial charge on any atom is 0.284 e. The Labute approximate surface area is 250 Å². The predicted octanol–water partition coefficient (Wildman–Crippen LogP) is 7.62. The minimum absolute atomic E-state index is 0.0104. The normalized spacial score (nSPS) is 11.5. The summed E-state index contributed by atoms with van der Waals surface area (Å²) in [6.07, 6.45) is 3.30. The molecule has 0 amide bonds. The fourth-order valence-electron chi connectivity index (χ4n) is 3.99. The second-order valence-corrected chi connectivity index (χ2v) is 10.0. The first kappa shape index (κ1) is 32.5. The molecular weight excluding hydrogens is 552 g/mol. The molecule has 43 heavy (non-hydrogen) atoms. The molecule has 0 spiro atoms. The van der Waals surface area contributed by atoms with Gasteiger partial charge in [-0.15, -0.1) is 0 Å². The summed E-state index contributed by atoms with van der Waals surface area (Å²) >= 11 is 0. The monoisotopic (exact) mass is 586 g/mol. The molecule has 0 radical (unpaired) electrons. The number of hydrogen-bond acceptors (Lipinski definition) is 10. The van der Waals surface area contributed by atoms with Crippen LogP contribution in [0.15, 0.2) is 70.9 Å². The van der Waals surface area contributed by atoms with Crippen molar-refractivity contribution < 1.29 is 19.3 Å². The smallest absolute Gasteiger partial charge is 0.284 e. The highest BCUT2D eigenvalue weighted by Crippen LogP contribution is 2.30. The van der Waals surface area contributed by atoms with Gasteiger partial charge in [-0.05, 0) is 75.7 Å². The number of benzene rings is 3. The van der Waals surface area contributed by atoms with Crippen molar-refractivity contribution in [1.29, 1.82) is 5.26 Å². The average molecular weight is 587 g/mol. The van der Waals surface area contributed by atoms with E-state index in [-0.39, 0.29) is 23.3 Å². The highest BCUT2D eigenvalue weighted by atomic mass is 16.6. The molecule has 0 unspecified atom stereocenters. The third kappa shape index (κ3) is 10.1. The number of ether oxygens (including phenoxy) is 2. The molecule has 0 atom stereocenters. The van der Waals surface area contributed by atoms with E-state index in [1.54, 1.807) is 36.4 Å². The SMILES string of the molecule is CC(C)OCCN(CCOC(C)C)c1ccc(N=Nc2ccc(C=Cc3c(C#N)cc([N+](=O)[O-])cc3[N+](=O)[O-])cc2)cc1. The van der Waals surface area contributed by atoms with E-state index in [2.05, 4.69) is 15.1 Å². The zero-order valence-corrected chi connectivity index (χ0v) is 24.5. The molecule has 0 aliphatic heterocycles. The van der Waals surface area contributed by atoms with Crippen molar-refractivity contribution in [3.05, 3.63) is 97.6 Å². The van der Waals surface area contributed by atoms with Crippen LogP contribution in [0.3, 0.4) is 0 Å². The van der Waals surface area contributed by atoms with E-state index >= 15 is 0 Å². The number of nitro groups is 2. The fourth-order valence-corrected chi connectivity index (χ4v) is 3.99. The Hall–Kier alpha value is -4.99. The molecule has 0 aromatic heterocycles. The highest BCUT2D eigenvalue weighted by molar-refractivity contribution is 5.79. The first-order valence-electron chi connectivity index (χ1n) is 13.7. The first-order chi connectivity index (χ1) is 20.6. The van der Waals surface area contributed by atoms with Crippen molar-refractivity contribution in [3.63, 3.8) is 0 Å². The maximum atomic E-state index is 11.5. The van der Waals surface area contributed by atoms with E-state index in [0.29, 0.717) is 30.2 Å². The van der Waals surface area contributed by atoms with Crippen LogP contribution in [0, 0.1) is 31.6 Å². The molecule has 224 valence electrons. The fraction of sp³-hybridized carbons (Fsp3) is 0.323. The van der Waals surface area contributed by atoms with E-state index in [1.165, 1.54) is 6.08 Å². The molecule has 0 fully saturated rings. The molecule has 12 nitrogen and oxygen atoms in total. The third-order valence-electron chi connectivity index (χ3n) is 6.13. The maximum absolute atomic E-state index is 11.5. The third-order valence-corrected chi connectivity index (χ3v) is 6.13. The number of nitrogens with zero attached hydrogens (tertiary/aromatic N) is 6. The number of hydrogen-bond donors (Lipinski definition) is 0. The van der Waals surface area contributed by atoms with Gasteiger partial charge in [-0.1, -0.05) is 18.2 Å². The van der Waals surface area contributed by atoms with Crippen LogP contribution in [-0.4, -0.2) is 48.4 Å². The predicted molar refractivity (Wildman–Crippen MR) is 165 cm³/mol. The molecule has 0 saturated heterocycles. The van der Waals surface area contributed by atoms with E-state index in [9.17, 15) is 25.5 Å². The number of anilines is 1. The highest BCUT2D eigenvalue weighted by Gasteiger charge is 2.22. The second kappa shape index (κ2) is 15.9. The lowest BCUT2D eigenvalue weighted by atomic mass is 10.0. The second-order valence-electron chi connectivity index (χ2n) is 10.0. The van der Waals surface area contributed by atoms with E-state index in [1.807, 2.05) is 52.0 Å². The summed E-state index contributed by atoms with van der Waals surface area (Å²) in [7, 11) is 0. The zero-order chi connectivity index (χ0) is 31.4. The molecule has 3 aromatic rings. The van der Waals surface area contributed by atoms with Gasteiger partial charge < -0.3 is 14.4 Å². The summed E-state index contributed by atoms with van der Waals surface area (Å²) in [5.74, 6) is 0. The molecule has 0 N–H and O–H groups in total. The Kier molecular flexibility index (Phi) is 12.0. The van der Waals surface area contributed by atoms with Crippen molar-refractivity contribution in [1.82, 2.24) is 0 Å². The molecule has 3 rings (SSSR count). The Morgan fingerprint density at radius 2 is 1.37 bits per heavy atom. The Morgan fingerprint density at radius 3 is 1.84 bits per heavy atom. The summed E-state index contributed by atoms with van der Waals surface area (Å²) in [5, 5.41) is 40.6. The largest absolute Gasteiger partial charge is 0.377 e. The molecule has 0 aliphatic rings. The quantitative estimate of drug-likeness (QED) is 0.0761. The van der Waals surface area contributed by atoms with Gasteiger partial charge in [0.15, 0.2) is 0 Å². The van der Waals surface area contributed by atoms with E-state index in [0.717, 1.165) is 30.9 Å². The van der Waals surface area contributed by atoms with Crippen LogP contribution in [0.4, 0.5) is 28.4 Å². The summed E-state index contributed by atoms with van der Waals surface area (Å²) in [6, 6.07) is 18.4. The van der Waals surface area contributed by atoms with Crippen LogP contribution >= 0.6 is 0 Å². The van der Waals surface area contributed by atoms with Crippen LogP contribution < -0.4 is 4.90 Å². The number of nitro benzene ring substituents is 2. The summed E-state index contributed by atoms with van der Waals surface area (Å²) < 4.78 is 11.5. The minimum atomic E-state index is -0.771. The average Bonchev–Trinajstić information content (AvgIpc) is 2.98. The Balaban J connectivity index is 1.70. The van der Waals surface area contributed by atoms with Gasteiger partial charge in [0.25, 0.3) is 11.4 Å². The van der Waals surface area contributed by atoms with Gasteiger partial charge in [0.1, 0.15) is 6.07 Å². The molecule has 12 heteroatoms. The lowest BCUT2D eigenvalue weighted by molar-refractivity contribution is -0.394. The summed E-state index contributed by atoms with van der Waals surface area (Å²) in [6.45, 7) is 10.7. The molecular formula is C31H34N6O6. The molecule has 0 aliphatic carbocycles. The summed E-state index contributed by atoms with van der Waals surface area (Å²) in [4.78, 5) is 23.3. The minimum Gasteiger partial charge on any atom is -0.377 e. The number of nitriles is 1. The van der Waals surface area contributed by atoms with Gasteiger partial charge in [-0.3, -0.25) is 20.2 Å². The Morgan fingerprint density at radius 1 is 0.837 bits per heavy atom. The van der Waals surface area contributed by atoms with Gasteiger partial charge in [0.05, 0.1) is 63.8 Å². The first-order valence-corrected chi connectivity index (χ1v) is 13.7. The number of azo groups is 1. The lowest BCUT2D eigenvalue weighted by Gasteiger charge is -2.25. The van der Waals surface area contributed by atoms with Gasteiger partial charge >= 0.3 is 0 Å². The van der Waals surface area contributed by atoms with Crippen LogP contribution in [0.5, 0.6) is 0 Å². The van der Waals surface area contributed by atoms with Crippen molar-refractivity contribution in [2.75, 3.05) is 31.2 Å². The molecule has 0 heterocycles. The van der Waals surface area contributed by atoms with Gasteiger partial charge in [-0.2, -0.15) is 15.5 Å². The number of non-ortho nitro benzene ring substituents is 1. The van der Waals surface area contributed by atoms with Crippen molar-refractivity contribution in [2.45, 2.75) is 39.9 Å². The van der Waals surface area contributed by atoms with Crippen LogP contribution in [0.25, 0.3) is 12.2 Å². The zero-order valence-electron chi connectivity index (χ0n) is 24.5.